The van der Waals surface area contributed by atoms with Crippen LogP contribution in [0.15, 0.2) is 42.5 Å². The lowest BCUT2D eigenvalue weighted by Gasteiger charge is -2.64. The van der Waals surface area contributed by atoms with Crippen LogP contribution in [-0.4, -0.2) is 71.8 Å². The number of carbonyl (C=O) groups is 1. The first-order valence-corrected chi connectivity index (χ1v) is 14.4. The maximum atomic E-state index is 13.8. The lowest BCUT2D eigenvalue weighted by atomic mass is 9.48. The van der Waals surface area contributed by atoms with E-state index in [-0.39, 0.29) is 23.9 Å². The number of hydrogen-bond donors (Lipinski definition) is 1. The number of alkyl halides is 3. The number of halogens is 3. The van der Waals surface area contributed by atoms with Crippen LogP contribution < -0.4 is 9.47 Å². The molecule has 9 heteroatoms. The fraction of sp³-hybridized carbons (Fsp3) is 0.531. The van der Waals surface area contributed by atoms with Gasteiger partial charge in [0.05, 0.1) is 29.7 Å². The fourth-order valence-electron chi connectivity index (χ4n) is 8.02. The van der Waals surface area contributed by atoms with Crippen LogP contribution in [0.5, 0.6) is 11.5 Å². The van der Waals surface area contributed by atoms with E-state index in [0.717, 1.165) is 36.2 Å². The Bertz CT molecular complexity index is 1370. The molecular weight excluding hydrogens is 533 g/mol. The highest BCUT2D eigenvalue weighted by atomic mass is 19.4. The SMILES string of the molecule is COc1ccc2c3c1O[C@H]1[C@@H](N(CC(C)C)C(=O)C=Cc4ccc(C(F)(F)F)cc4)CC[C@@]4(O)[C@@H](C2)N(C)CC[C@]314. The van der Waals surface area contributed by atoms with Gasteiger partial charge in [-0.25, -0.2) is 0 Å². The molecule has 2 aromatic carbocycles. The number of nitrogens with zero attached hydrogens (tertiary/aromatic N) is 2. The first-order valence-electron chi connectivity index (χ1n) is 14.4. The Morgan fingerprint density at radius 3 is 2.61 bits per heavy atom. The number of carbonyl (C=O) groups excluding carboxylic acids is 1. The number of rotatable bonds is 6. The molecule has 5 atom stereocenters. The second kappa shape index (κ2) is 9.76. The van der Waals surface area contributed by atoms with Crippen LogP contribution in [0.1, 0.15) is 55.4 Å². The van der Waals surface area contributed by atoms with Gasteiger partial charge in [-0.1, -0.05) is 32.0 Å². The summed E-state index contributed by atoms with van der Waals surface area (Å²) < 4.78 is 51.5. The molecule has 0 radical (unpaired) electrons. The van der Waals surface area contributed by atoms with Crippen molar-refractivity contribution < 1.29 is 32.5 Å². The van der Waals surface area contributed by atoms with E-state index in [2.05, 4.69) is 31.9 Å². The number of likely N-dealkylation sites (tertiary alicyclic amines) is 1. The number of benzene rings is 2. The van der Waals surface area contributed by atoms with E-state index in [0.29, 0.717) is 42.9 Å². The molecule has 1 amide bonds. The molecule has 2 aliphatic heterocycles. The third-order valence-electron chi connectivity index (χ3n) is 9.80. The number of likely N-dealkylation sites (N-methyl/N-ethyl adjacent to an activating group) is 1. The second-order valence-electron chi connectivity index (χ2n) is 12.5. The number of methoxy groups -OCH3 is 1. The number of ether oxygens (including phenoxy) is 2. The van der Waals surface area contributed by atoms with E-state index in [4.69, 9.17) is 9.47 Å². The highest BCUT2D eigenvalue weighted by Crippen LogP contribution is 2.65. The number of piperidine rings is 1. The fourth-order valence-corrected chi connectivity index (χ4v) is 8.02. The molecule has 2 aromatic rings. The van der Waals surface area contributed by atoms with Crippen molar-refractivity contribution in [3.05, 3.63) is 64.7 Å². The Morgan fingerprint density at radius 1 is 1.22 bits per heavy atom. The maximum Gasteiger partial charge on any atom is 0.416 e. The zero-order valence-corrected chi connectivity index (χ0v) is 23.9. The summed E-state index contributed by atoms with van der Waals surface area (Å²) in [6.45, 7) is 5.39. The van der Waals surface area contributed by atoms with Crippen LogP contribution in [0.2, 0.25) is 0 Å². The van der Waals surface area contributed by atoms with Gasteiger partial charge in [0.1, 0.15) is 6.10 Å². The monoisotopic (exact) mass is 570 g/mol. The van der Waals surface area contributed by atoms with E-state index in [9.17, 15) is 23.1 Å². The molecule has 1 saturated carbocycles. The van der Waals surface area contributed by atoms with Crippen molar-refractivity contribution in [2.75, 3.05) is 27.2 Å². The summed E-state index contributed by atoms with van der Waals surface area (Å²) >= 11 is 0. The largest absolute Gasteiger partial charge is 0.493 e. The lowest BCUT2D eigenvalue weighted by Crippen LogP contribution is -2.78. The van der Waals surface area contributed by atoms with Gasteiger partial charge in [-0.2, -0.15) is 13.2 Å². The number of amides is 1. The molecule has 2 heterocycles. The third kappa shape index (κ3) is 4.18. The second-order valence-corrected chi connectivity index (χ2v) is 12.5. The smallest absolute Gasteiger partial charge is 0.416 e. The summed E-state index contributed by atoms with van der Waals surface area (Å²) in [6.07, 6.45) is 0.675. The van der Waals surface area contributed by atoms with E-state index >= 15 is 0 Å². The van der Waals surface area contributed by atoms with Gasteiger partial charge in [0.2, 0.25) is 5.91 Å². The highest BCUT2D eigenvalue weighted by Gasteiger charge is 2.73. The molecule has 0 unspecified atom stereocenters. The maximum absolute atomic E-state index is 13.8. The van der Waals surface area contributed by atoms with Gasteiger partial charge in [-0.05, 0) is 80.6 Å². The van der Waals surface area contributed by atoms with Crippen LogP contribution >= 0.6 is 0 Å². The van der Waals surface area contributed by atoms with Crippen molar-refractivity contribution in [2.45, 2.75) is 74.9 Å². The molecule has 41 heavy (non-hydrogen) atoms. The lowest BCUT2D eigenvalue weighted by molar-refractivity contribution is -0.197. The molecule has 2 bridgehead atoms. The van der Waals surface area contributed by atoms with E-state index in [1.807, 2.05) is 11.0 Å². The van der Waals surface area contributed by atoms with Crippen LogP contribution in [-0.2, 0) is 22.8 Å². The Kier molecular flexibility index (Phi) is 6.69. The molecule has 4 aliphatic rings. The van der Waals surface area contributed by atoms with Crippen LogP contribution in [0.25, 0.3) is 6.08 Å². The third-order valence-corrected chi connectivity index (χ3v) is 9.80. The van der Waals surface area contributed by atoms with Crippen LogP contribution in [0, 0.1) is 5.92 Å². The minimum Gasteiger partial charge on any atom is -0.493 e. The van der Waals surface area contributed by atoms with Crippen LogP contribution in [0.4, 0.5) is 13.2 Å². The van der Waals surface area contributed by atoms with Crippen molar-refractivity contribution in [1.29, 1.82) is 0 Å². The quantitative estimate of drug-likeness (QED) is 0.492. The standard InChI is InChI=1S/C32H37F3N2O4/c1-19(2)18-37(26(38)12-7-20-5-9-22(10-6-20)32(33,34)35)23-13-14-31(39)25-17-21-8-11-24(40-4)28-27(21)30(31,29(23)41-28)15-16-36(25)3/h5-12,19,23,25,29,39H,13-18H2,1-4H3/t23-,25+,29-,30-,31+/m0/s1. The molecule has 1 saturated heterocycles. The average molecular weight is 571 g/mol. The molecule has 0 aromatic heterocycles. The molecule has 6 rings (SSSR count). The van der Waals surface area contributed by atoms with E-state index < -0.39 is 28.9 Å². The van der Waals surface area contributed by atoms with Crippen LogP contribution in [0.3, 0.4) is 0 Å². The van der Waals surface area contributed by atoms with Gasteiger partial charge in [0.25, 0.3) is 0 Å². The molecule has 1 N–H and O–H groups in total. The summed E-state index contributed by atoms with van der Waals surface area (Å²) in [5.41, 5.74) is 0.306. The molecule has 6 nitrogen and oxygen atoms in total. The zero-order valence-electron chi connectivity index (χ0n) is 23.9. The Hall–Kier alpha value is -3.04. The molecule has 2 aliphatic carbocycles. The summed E-state index contributed by atoms with van der Waals surface area (Å²) in [6, 6.07) is 8.44. The molecule has 1 spiro atoms. The van der Waals surface area contributed by atoms with Gasteiger partial charge in [0.15, 0.2) is 11.5 Å². The van der Waals surface area contributed by atoms with E-state index in [1.165, 1.54) is 18.2 Å². The van der Waals surface area contributed by atoms with Crippen molar-refractivity contribution in [2.24, 2.45) is 5.92 Å². The predicted molar refractivity (Wildman–Crippen MR) is 149 cm³/mol. The van der Waals surface area contributed by atoms with Crippen molar-refractivity contribution in [3.63, 3.8) is 0 Å². The van der Waals surface area contributed by atoms with Gasteiger partial charge in [0, 0.05) is 24.2 Å². The summed E-state index contributed by atoms with van der Waals surface area (Å²) in [5, 5.41) is 12.5. The van der Waals surface area contributed by atoms with Crippen molar-refractivity contribution >= 4 is 12.0 Å². The topological polar surface area (TPSA) is 62.2 Å². The van der Waals surface area contributed by atoms with Crippen molar-refractivity contribution in [3.8, 4) is 11.5 Å². The summed E-state index contributed by atoms with van der Waals surface area (Å²) in [4.78, 5) is 17.9. The summed E-state index contributed by atoms with van der Waals surface area (Å²) in [5.74, 6) is 1.26. The molecular formula is C32H37F3N2O4. The average Bonchev–Trinajstić information content (AvgIpc) is 3.28. The van der Waals surface area contributed by atoms with Gasteiger partial charge in [-0.15, -0.1) is 0 Å². The van der Waals surface area contributed by atoms with Crippen molar-refractivity contribution in [1.82, 2.24) is 9.80 Å². The first-order chi connectivity index (χ1) is 19.4. The molecule has 2 fully saturated rings. The van der Waals surface area contributed by atoms with Gasteiger partial charge >= 0.3 is 6.18 Å². The van der Waals surface area contributed by atoms with Gasteiger partial charge < -0.3 is 24.4 Å². The number of aliphatic hydroxyl groups is 1. The number of hydrogen-bond acceptors (Lipinski definition) is 5. The summed E-state index contributed by atoms with van der Waals surface area (Å²) in [7, 11) is 3.69. The first kappa shape index (κ1) is 28.1. The Morgan fingerprint density at radius 2 is 1.95 bits per heavy atom. The minimum atomic E-state index is -4.41. The van der Waals surface area contributed by atoms with Gasteiger partial charge in [-0.3, -0.25) is 4.79 Å². The zero-order chi connectivity index (χ0) is 29.3. The normalized spacial score (nSPS) is 30.3. The van der Waals surface area contributed by atoms with E-state index in [1.54, 1.807) is 13.2 Å². The predicted octanol–water partition coefficient (Wildman–Crippen LogP) is 5.06. The Balaban J connectivity index is 1.37. The Labute approximate surface area is 238 Å². The minimum absolute atomic E-state index is 0.0519. The highest BCUT2D eigenvalue weighted by molar-refractivity contribution is 5.92. The molecule has 220 valence electrons.